The Morgan fingerprint density at radius 3 is 2.42 bits per heavy atom. The van der Waals surface area contributed by atoms with E-state index in [1.807, 2.05) is 0 Å². The Morgan fingerprint density at radius 2 is 1.81 bits per heavy atom. The number of pyridine rings is 1. The van der Waals surface area contributed by atoms with Crippen molar-refractivity contribution in [1.82, 2.24) is 14.8 Å². The molecule has 0 unspecified atom stereocenters. The quantitative estimate of drug-likeness (QED) is 0.381. The number of hydrogen-bond donors (Lipinski definition) is 2. The van der Waals surface area contributed by atoms with Gasteiger partial charge in [-0.3, -0.25) is 19.3 Å². The minimum absolute atomic E-state index is 0.0750. The molecule has 11 heteroatoms. The van der Waals surface area contributed by atoms with E-state index in [1.165, 1.54) is 36.3 Å². The number of aryl methyl sites for hydroxylation is 1. The summed E-state index contributed by atoms with van der Waals surface area (Å²) in [6, 6.07) is 12.6. The third-order valence-corrected chi connectivity index (χ3v) is 5.26. The van der Waals surface area contributed by atoms with Gasteiger partial charge in [0.05, 0.1) is 34.6 Å². The molecule has 4 aromatic rings. The van der Waals surface area contributed by atoms with Crippen LogP contribution in [-0.2, 0) is 24.4 Å². The van der Waals surface area contributed by atoms with E-state index in [-0.39, 0.29) is 23.9 Å². The molecule has 0 saturated heterocycles. The third-order valence-electron chi connectivity index (χ3n) is 5.26. The summed E-state index contributed by atoms with van der Waals surface area (Å²) in [5, 5.41) is 6.49. The highest BCUT2D eigenvalue weighted by Gasteiger charge is 2.36. The Bertz CT molecular complexity index is 1450. The van der Waals surface area contributed by atoms with E-state index in [0.717, 1.165) is 6.07 Å². The molecule has 0 bridgehead atoms. The molecular weight excluding hydrogens is 478 g/mol. The molecule has 2 aromatic carbocycles. The molecule has 3 N–H and O–H groups in total. The van der Waals surface area contributed by atoms with E-state index < -0.39 is 40.5 Å². The molecule has 2 heterocycles. The van der Waals surface area contributed by atoms with Crippen LogP contribution in [0.1, 0.15) is 21.5 Å². The monoisotopic (exact) mass is 497 g/mol. The molecule has 7 nitrogen and oxygen atoms in total. The van der Waals surface area contributed by atoms with Gasteiger partial charge in [0.25, 0.3) is 5.91 Å². The first-order valence-corrected chi connectivity index (χ1v) is 10.6. The topological polar surface area (TPSA) is 103 Å². The number of nitrogens with one attached hydrogen (secondary N) is 1. The normalized spacial score (nSPS) is 11.4. The predicted octanol–water partition coefficient (Wildman–Crippen LogP) is 4.59. The maximum absolute atomic E-state index is 14.8. The molecule has 184 valence electrons. The van der Waals surface area contributed by atoms with Crippen LogP contribution < -0.4 is 11.1 Å². The number of amides is 2. The van der Waals surface area contributed by atoms with Crippen molar-refractivity contribution in [2.75, 3.05) is 5.32 Å². The Labute approximate surface area is 202 Å². The fourth-order valence-corrected chi connectivity index (χ4v) is 3.67. The molecule has 0 radical (unpaired) electrons. The van der Waals surface area contributed by atoms with Crippen molar-refractivity contribution in [3.8, 4) is 22.5 Å². The molecule has 0 atom stereocenters. The third kappa shape index (κ3) is 5.24. The van der Waals surface area contributed by atoms with E-state index in [4.69, 9.17) is 5.73 Å². The van der Waals surface area contributed by atoms with Crippen molar-refractivity contribution < 1.29 is 27.2 Å². The van der Waals surface area contributed by atoms with Gasteiger partial charge in [0, 0.05) is 30.6 Å². The number of hydrogen-bond acceptors (Lipinski definition) is 4. The molecule has 0 spiro atoms. The zero-order chi connectivity index (χ0) is 26.0. The Balaban J connectivity index is 1.79. The van der Waals surface area contributed by atoms with E-state index in [9.17, 15) is 27.2 Å². The number of primary amides is 1. The number of carbonyl (C=O) groups is 2. The zero-order valence-electron chi connectivity index (χ0n) is 18.8. The zero-order valence-corrected chi connectivity index (χ0v) is 18.8. The van der Waals surface area contributed by atoms with Crippen LogP contribution in [0.15, 0.2) is 67.0 Å². The van der Waals surface area contributed by atoms with Gasteiger partial charge in [-0.2, -0.15) is 18.3 Å². The maximum atomic E-state index is 14.8. The number of nitrogens with two attached hydrogens (primary N) is 1. The molecule has 36 heavy (non-hydrogen) atoms. The molecule has 0 aliphatic rings. The summed E-state index contributed by atoms with van der Waals surface area (Å²) in [6.07, 6.45) is -2.19. The second kappa shape index (κ2) is 9.61. The number of carbonyl (C=O) groups excluding carboxylic acids is 2. The molecule has 4 rings (SSSR count). The standard InChI is InChI=1S/C25H19F4N5O2/c1-34-8-7-20(33-34)16-11-17(19(26)12-18(16)25(27,28)29)24(36)32-21-9-14(10-22(30)35)13-31-23(21)15-5-3-2-4-6-15/h2-9,11-13H,10H2,1H3,(H2,30,35)(H,32,36). The average molecular weight is 497 g/mol. The van der Waals surface area contributed by atoms with Gasteiger partial charge in [-0.15, -0.1) is 0 Å². The van der Waals surface area contributed by atoms with Crippen LogP contribution >= 0.6 is 0 Å². The summed E-state index contributed by atoms with van der Waals surface area (Å²) in [5.74, 6) is -2.99. The minimum Gasteiger partial charge on any atom is -0.369 e. The molecule has 0 aliphatic heterocycles. The van der Waals surface area contributed by atoms with Crippen molar-refractivity contribution in [1.29, 1.82) is 0 Å². The van der Waals surface area contributed by atoms with Crippen LogP contribution in [-0.4, -0.2) is 26.6 Å². The lowest BCUT2D eigenvalue weighted by Crippen LogP contribution is -2.18. The van der Waals surface area contributed by atoms with Crippen molar-refractivity contribution in [2.24, 2.45) is 12.8 Å². The van der Waals surface area contributed by atoms with Crippen molar-refractivity contribution in [3.63, 3.8) is 0 Å². The summed E-state index contributed by atoms with van der Waals surface area (Å²) in [7, 11) is 1.52. The van der Waals surface area contributed by atoms with Crippen molar-refractivity contribution in [3.05, 3.63) is 89.5 Å². The van der Waals surface area contributed by atoms with Crippen molar-refractivity contribution >= 4 is 17.5 Å². The van der Waals surface area contributed by atoms with Gasteiger partial charge in [0.15, 0.2) is 0 Å². The number of benzene rings is 2. The fourth-order valence-electron chi connectivity index (χ4n) is 3.67. The highest BCUT2D eigenvalue weighted by Crippen LogP contribution is 2.38. The summed E-state index contributed by atoms with van der Waals surface area (Å²) in [6.45, 7) is 0. The maximum Gasteiger partial charge on any atom is 0.417 e. The minimum atomic E-state index is -4.88. The lowest BCUT2D eigenvalue weighted by Gasteiger charge is -2.16. The Kier molecular flexibility index (Phi) is 6.56. The van der Waals surface area contributed by atoms with Crippen LogP contribution in [0.2, 0.25) is 0 Å². The SMILES string of the molecule is Cn1ccc(-c2cc(C(=O)Nc3cc(CC(N)=O)cnc3-c3ccccc3)c(F)cc2C(F)(F)F)n1. The fraction of sp³-hybridized carbons (Fsp3) is 0.120. The molecule has 2 amide bonds. The number of anilines is 1. The Morgan fingerprint density at radius 1 is 1.08 bits per heavy atom. The predicted molar refractivity (Wildman–Crippen MR) is 124 cm³/mol. The summed E-state index contributed by atoms with van der Waals surface area (Å²) >= 11 is 0. The van der Waals surface area contributed by atoms with Gasteiger partial charge < -0.3 is 11.1 Å². The lowest BCUT2D eigenvalue weighted by atomic mass is 9.99. The van der Waals surface area contributed by atoms with Crippen LogP contribution in [0, 0.1) is 5.82 Å². The van der Waals surface area contributed by atoms with E-state index in [2.05, 4.69) is 15.4 Å². The Hall–Kier alpha value is -4.54. The van der Waals surface area contributed by atoms with Crippen LogP contribution in [0.3, 0.4) is 0 Å². The van der Waals surface area contributed by atoms with Crippen LogP contribution in [0.5, 0.6) is 0 Å². The summed E-state index contributed by atoms with van der Waals surface area (Å²) in [4.78, 5) is 28.8. The van der Waals surface area contributed by atoms with Gasteiger partial charge in [0.2, 0.25) is 5.91 Å². The van der Waals surface area contributed by atoms with Gasteiger partial charge in [0.1, 0.15) is 5.82 Å². The van der Waals surface area contributed by atoms with Crippen molar-refractivity contribution in [2.45, 2.75) is 12.6 Å². The molecular formula is C25H19F4N5O2. The van der Waals surface area contributed by atoms with E-state index in [1.54, 1.807) is 30.3 Å². The highest BCUT2D eigenvalue weighted by atomic mass is 19.4. The molecule has 2 aromatic heterocycles. The van der Waals surface area contributed by atoms with E-state index >= 15 is 0 Å². The largest absolute Gasteiger partial charge is 0.417 e. The first kappa shape index (κ1) is 24.6. The first-order chi connectivity index (χ1) is 17.0. The van der Waals surface area contributed by atoms with Crippen LogP contribution in [0.4, 0.5) is 23.2 Å². The van der Waals surface area contributed by atoms with Gasteiger partial charge in [-0.1, -0.05) is 30.3 Å². The highest BCUT2D eigenvalue weighted by molar-refractivity contribution is 6.07. The summed E-state index contributed by atoms with van der Waals surface area (Å²) in [5.41, 5.74) is 4.30. The van der Waals surface area contributed by atoms with E-state index in [0.29, 0.717) is 16.8 Å². The molecule has 0 aliphatic carbocycles. The van der Waals surface area contributed by atoms with Gasteiger partial charge >= 0.3 is 6.18 Å². The second-order valence-corrected chi connectivity index (χ2v) is 7.95. The number of nitrogens with zero attached hydrogens (tertiary/aromatic N) is 3. The number of halogens is 4. The number of aromatic nitrogens is 3. The smallest absolute Gasteiger partial charge is 0.369 e. The molecule has 0 saturated carbocycles. The van der Waals surface area contributed by atoms with Gasteiger partial charge in [-0.25, -0.2) is 4.39 Å². The van der Waals surface area contributed by atoms with Gasteiger partial charge in [-0.05, 0) is 29.8 Å². The number of rotatable bonds is 6. The average Bonchev–Trinajstić information content (AvgIpc) is 3.24. The second-order valence-electron chi connectivity index (χ2n) is 7.95. The van der Waals surface area contributed by atoms with Crippen LogP contribution in [0.25, 0.3) is 22.5 Å². The lowest BCUT2D eigenvalue weighted by molar-refractivity contribution is -0.137. The number of alkyl halides is 3. The summed E-state index contributed by atoms with van der Waals surface area (Å²) < 4.78 is 57.1. The first-order valence-electron chi connectivity index (χ1n) is 10.6. The molecule has 0 fully saturated rings.